The Morgan fingerprint density at radius 2 is 2.00 bits per heavy atom. The molecule has 0 N–H and O–H groups in total. The van der Waals surface area contributed by atoms with Gasteiger partial charge in [0, 0.05) is 0 Å². The van der Waals surface area contributed by atoms with E-state index in [1.54, 1.807) is 0 Å². The first-order valence-corrected chi connectivity index (χ1v) is 7.59. The Hall–Kier alpha value is 0.848. The predicted molar refractivity (Wildman–Crippen MR) is 33.0 cm³/mol. The van der Waals surface area contributed by atoms with Crippen LogP contribution in [-0.4, -0.2) is 20.5 Å². The Morgan fingerprint density at radius 3 is 2.00 bits per heavy atom. The first kappa shape index (κ1) is 6.85. The van der Waals surface area contributed by atoms with Crippen LogP contribution in [0.4, 0.5) is 0 Å². The molecule has 0 aliphatic rings. The molecule has 0 unspecified atom stereocenters. The van der Waals surface area contributed by atoms with Crippen LogP contribution in [0.1, 0.15) is 0 Å². The molecule has 0 saturated carbocycles. The molecule has 0 aliphatic carbocycles. The van der Waals surface area contributed by atoms with E-state index in [-0.39, 0.29) is 14.7 Å². The molecule has 0 saturated heterocycles. The Bertz CT molecular complexity index is 28.7. The Labute approximate surface area is 49.1 Å². The minimum atomic E-state index is -0.356. The number of hydrogen-bond donors (Lipinski definition) is 0. The molecule has 2 heteroatoms. The summed E-state index contributed by atoms with van der Waals surface area (Å²) in [5, 5.41) is 1.29. The quantitative estimate of drug-likeness (QED) is 0.437. The van der Waals surface area contributed by atoms with Gasteiger partial charge in [-0.2, -0.15) is 0 Å². The molecule has 0 bridgehead atoms. The Morgan fingerprint density at radius 1 is 1.50 bits per heavy atom. The summed E-state index contributed by atoms with van der Waals surface area (Å²) in [4.78, 5) is 0. The molecule has 0 nitrogen and oxygen atoms in total. The molecule has 0 aliphatic heterocycles. The molecule has 0 aromatic heterocycles. The Balaban J connectivity index is 2.63. The Kier molecular flexibility index (Phi) is 4.59. The first-order valence-electron chi connectivity index (χ1n) is 1.98. The number of alkyl halides is 1. The summed E-state index contributed by atoms with van der Waals surface area (Å²) in [6.07, 6.45) is 0. The van der Waals surface area contributed by atoms with Crippen molar-refractivity contribution in [3.05, 3.63) is 0 Å². The maximum absolute atomic E-state index is 5.43. The zero-order valence-corrected chi connectivity index (χ0v) is 6.87. The third-order valence-corrected chi connectivity index (χ3v) is 3.64. The average Bonchev–Trinajstić information content (AvgIpc) is 1.35. The van der Waals surface area contributed by atoms with Crippen molar-refractivity contribution < 1.29 is 0 Å². The molecule has 0 atom stereocenters. The van der Waals surface area contributed by atoms with Gasteiger partial charge in [0.15, 0.2) is 0 Å². The molecule has 0 spiro atoms. The minimum absolute atomic E-state index is 0.356. The maximum atomic E-state index is 5.43. The van der Waals surface area contributed by atoms with E-state index in [1.807, 2.05) is 0 Å². The van der Waals surface area contributed by atoms with Crippen molar-refractivity contribution >= 4 is 26.3 Å². The average molecular weight is 168 g/mol. The van der Waals surface area contributed by atoms with Crippen LogP contribution in [0.15, 0.2) is 0 Å². The van der Waals surface area contributed by atoms with E-state index in [1.165, 1.54) is 5.21 Å². The van der Waals surface area contributed by atoms with Crippen LogP contribution < -0.4 is 0 Å². The van der Waals surface area contributed by atoms with Gasteiger partial charge in [0.2, 0.25) is 0 Å². The van der Waals surface area contributed by atoms with Crippen LogP contribution in [-0.2, 0) is 0 Å². The second kappa shape index (κ2) is 4.02. The SMILES string of the molecule is C[As](C)CCCl. The predicted octanol–water partition coefficient (Wildman–Crippen LogP) is 1.98. The molecule has 0 amide bonds. The van der Waals surface area contributed by atoms with E-state index in [0.29, 0.717) is 0 Å². The van der Waals surface area contributed by atoms with E-state index in [9.17, 15) is 0 Å². The summed E-state index contributed by atoms with van der Waals surface area (Å²) in [6, 6.07) is 0. The molecule has 0 radical (unpaired) electrons. The third-order valence-electron chi connectivity index (χ3n) is 0.532. The number of hydrogen-bond acceptors (Lipinski definition) is 0. The molecular weight excluding hydrogens is 158 g/mol. The van der Waals surface area contributed by atoms with Gasteiger partial charge in [-0.25, -0.2) is 0 Å². The fourth-order valence-corrected chi connectivity index (χ4v) is 2.63. The first-order chi connectivity index (χ1) is 2.77. The molecule has 0 heterocycles. The third kappa shape index (κ3) is 4.85. The second-order valence-electron chi connectivity index (χ2n) is 1.49. The van der Waals surface area contributed by atoms with Gasteiger partial charge in [-0.05, 0) is 0 Å². The molecule has 6 heavy (non-hydrogen) atoms. The van der Waals surface area contributed by atoms with Crippen molar-refractivity contribution in [3.8, 4) is 0 Å². The second-order valence-corrected chi connectivity index (χ2v) is 7.34. The van der Waals surface area contributed by atoms with E-state index in [0.717, 1.165) is 5.88 Å². The van der Waals surface area contributed by atoms with Crippen LogP contribution in [0.2, 0.25) is 16.6 Å². The van der Waals surface area contributed by atoms with Gasteiger partial charge in [0.25, 0.3) is 0 Å². The van der Waals surface area contributed by atoms with Gasteiger partial charge >= 0.3 is 48.8 Å². The van der Waals surface area contributed by atoms with Gasteiger partial charge in [0.05, 0.1) is 0 Å². The van der Waals surface area contributed by atoms with Crippen LogP contribution in [0, 0.1) is 0 Å². The van der Waals surface area contributed by atoms with Crippen LogP contribution >= 0.6 is 11.6 Å². The van der Waals surface area contributed by atoms with Gasteiger partial charge < -0.3 is 0 Å². The van der Waals surface area contributed by atoms with Crippen LogP contribution in [0.5, 0.6) is 0 Å². The summed E-state index contributed by atoms with van der Waals surface area (Å²) >= 11 is 5.08. The number of halogens is 1. The van der Waals surface area contributed by atoms with Crippen molar-refractivity contribution in [3.63, 3.8) is 0 Å². The molecule has 0 fully saturated rings. The van der Waals surface area contributed by atoms with Gasteiger partial charge in [-0.3, -0.25) is 0 Å². The van der Waals surface area contributed by atoms with Crippen LogP contribution in [0.25, 0.3) is 0 Å². The zero-order valence-electron chi connectivity index (χ0n) is 4.24. The number of rotatable bonds is 2. The van der Waals surface area contributed by atoms with Crippen molar-refractivity contribution in [2.45, 2.75) is 16.6 Å². The fourth-order valence-electron chi connectivity index (χ4n) is 0.169. The standard InChI is InChI=1S/C4H10AsCl/c1-5(2)3-4-6/h3-4H2,1-2H3. The zero-order chi connectivity index (χ0) is 4.99. The summed E-state index contributed by atoms with van der Waals surface area (Å²) in [5.74, 6) is 0.868. The van der Waals surface area contributed by atoms with E-state index in [2.05, 4.69) is 11.4 Å². The van der Waals surface area contributed by atoms with E-state index in [4.69, 9.17) is 11.6 Å². The molecule has 0 rings (SSSR count). The fraction of sp³-hybridized carbons (Fsp3) is 1.00. The summed E-state index contributed by atoms with van der Waals surface area (Å²) in [5.41, 5.74) is 4.63. The monoisotopic (exact) mass is 168 g/mol. The van der Waals surface area contributed by atoms with E-state index >= 15 is 0 Å². The van der Waals surface area contributed by atoms with Crippen LogP contribution in [0.3, 0.4) is 0 Å². The summed E-state index contributed by atoms with van der Waals surface area (Å²) < 4.78 is 0. The summed E-state index contributed by atoms with van der Waals surface area (Å²) in [7, 11) is 0. The molecular formula is C4H10AsCl. The van der Waals surface area contributed by atoms with Crippen molar-refractivity contribution in [2.24, 2.45) is 0 Å². The van der Waals surface area contributed by atoms with Gasteiger partial charge in [-0.15, -0.1) is 0 Å². The van der Waals surface area contributed by atoms with Crippen molar-refractivity contribution in [1.29, 1.82) is 0 Å². The normalized spacial score (nSPS) is 10.0. The topological polar surface area (TPSA) is 0 Å². The van der Waals surface area contributed by atoms with Crippen molar-refractivity contribution in [1.82, 2.24) is 0 Å². The molecule has 0 aromatic carbocycles. The summed E-state index contributed by atoms with van der Waals surface area (Å²) in [6.45, 7) is 0. The van der Waals surface area contributed by atoms with Gasteiger partial charge in [0.1, 0.15) is 0 Å². The molecule has 38 valence electrons. The molecule has 0 aromatic rings. The van der Waals surface area contributed by atoms with E-state index < -0.39 is 0 Å². The van der Waals surface area contributed by atoms with Crippen molar-refractivity contribution in [2.75, 3.05) is 5.88 Å². The van der Waals surface area contributed by atoms with Gasteiger partial charge in [-0.1, -0.05) is 0 Å².